The molecule has 16 heavy (non-hydrogen) atoms. The van der Waals surface area contributed by atoms with E-state index in [9.17, 15) is 4.79 Å². The molecule has 0 saturated heterocycles. The van der Waals surface area contributed by atoms with E-state index in [2.05, 4.69) is 16.0 Å². The summed E-state index contributed by atoms with van der Waals surface area (Å²) in [5, 5.41) is 8.00. The Labute approximate surface area is 100 Å². The molecule has 0 radical (unpaired) electrons. The first-order valence-electron chi connectivity index (χ1n) is 5.80. The maximum Gasteiger partial charge on any atom is 0.234 e. The van der Waals surface area contributed by atoms with Gasteiger partial charge in [0, 0.05) is 11.4 Å². The second kappa shape index (κ2) is 5.46. The Morgan fingerprint density at radius 3 is 3.06 bits per heavy atom. The van der Waals surface area contributed by atoms with Crippen LogP contribution in [-0.4, -0.2) is 19.5 Å². The highest BCUT2D eigenvalue weighted by Crippen LogP contribution is 2.29. The molecule has 0 aliphatic heterocycles. The Kier molecular flexibility index (Phi) is 3.96. The highest BCUT2D eigenvalue weighted by Gasteiger charge is 2.15. The summed E-state index contributed by atoms with van der Waals surface area (Å²) in [6.45, 7) is 1.08. The molecule has 0 bridgehead atoms. The summed E-state index contributed by atoms with van der Waals surface area (Å²) in [5.74, 6) is 0.0678. The van der Waals surface area contributed by atoms with Crippen LogP contribution in [-0.2, 0) is 24.2 Å². The molecule has 1 aromatic rings. The number of nitrogens with one attached hydrogen (secondary N) is 2. The molecule has 0 fully saturated rings. The molecule has 4 heteroatoms. The first-order valence-corrected chi connectivity index (χ1v) is 6.68. The van der Waals surface area contributed by atoms with Gasteiger partial charge in [0.15, 0.2) is 0 Å². The third-order valence-corrected chi connectivity index (χ3v) is 4.10. The molecule has 0 spiro atoms. The van der Waals surface area contributed by atoms with Crippen molar-refractivity contribution in [1.82, 2.24) is 10.6 Å². The number of carbonyl (C=O) groups excluding carboxylic acids is 1. The molecular weight excluding hydrogens is 220 g/mol. The van der Waals surface area contributed by atoms with Gasteiger partial charge >= 0.3 is 0 Å². The number of aryl methyl sites for hydroxylation is 1. The normalized spacial score (nSPS) is 14.6. The fourth-order valence-corrected chi connectivity index (χ4v) is 3.27. The van der Waals surface area contributed by atoms with Crippen molar-refractivity contribution in [3.05, 3.63) is 21.4 Å². The molecule has 0 aromatic carbocycles. The van der Waals surface area contributed by atoms with Crippen molar-refractivity contribution in [1.29, 1.82) is 0 Å². The van der Waals surface area contributed by atoms with Gasteiger partial charge in [-0.05, 0) is 49.2 Å². The fraction of sp³-hybridized carbons (Fsp3) is 0.583. The largest absolute Gasteiger partial charge is 0.351 e. The van der Waals surface area contributed by atoms with Gasteiger partial charge in [0.05, 0.1) is 6.54 Å². The minimum atomic E-state index is 0.0678. The first-order chi connectivity index (χ1) is 7.81. The van der Waals surface area contributed by atoms with E-state index >= 15 is 0 Å². The van der Waals surface area contributed by atoms with Gasteiger partial charge in [-0.15, -0.1) is 11.3 Å². The van der Waals surface area contributed by atoms with Gasteiger partial charge < -0.3 is 10.6 Å². The van der Waals surface area contributed by atoms with E-state index in [0.29, 0.717) is 13.1 Å². The summed E-state index contributed by atoms with van der Waals surface area (Å²) in [6.07, 6.45) is 5.03. The molecule has 0 atom stereocenters. The third-order valence-electron chi connectivity index (χ3n) is 2.96. The molecule has 2 N–H and O–H groups in total. The lowest BCUT2D eigenvalue weighted by Gasteiger charge is -2.13. The number of amides is 1. The molecule has 2 rings (SSSR count). The Morgan fingerprint density at radius 2 is 2.25 bits per heavy atom. The van der Waals surface area contributed by atoms with Crippen LogP contribution in [0.4, 0.5) is 0 Å². The van der Waals surface area contributed by atoms with E-state index in [1.165, 1.54) is 41.7 Å². The predicted molar refractivity (Wildman–Crippen MR) is 66.7 cm³/mol. The number of hydrogen-bond acceptors (Lipinski definition) is 3. The zero-order chi connectivity index (χ0) is 11.4. The van der Waals surface area contributed by atoms with E-state index in [4.69, 9.17) is 0 Å². The molecule has 1 aliphatic rings. The van der Waals surface area contributed by atoms with E-state index in [0.717, 1.165) is 0 Å². The molecule has 3 nitrogen and oxygen atoms in total. The summed E-state index contributed by atoms with van der Waals surface area (Å²) >= 11 is 1.85. The van der Waals surface area contributed by atoms with Crippen LogP contribution in [0.1, 0.15) is 28.8 Å². The summed E-state index contributed by atoms with van der Waals surface area (Å²) in [5.41, 5.74) is 2.82. The summed E-state index contributed by atoms with van der Waals surface area (Å²) < 4.78 is 0. The lowest BCUT2D eigenvalue weighted by atomic mass is 9.96. The first kappa shape index (κ1) is 11.6. The van der Waals surface area contributed by atoms with Crippen LogP contribution < -0.4 is 10.6 Å². The van der Waals surface area contributed by atoms with Crippen molar-refractivity contribution in [2.45, 2.75) is 32.2 Å². The van der Waals surface area contributed by atoms with E-state index in [-0.39, 0.29) is 5.91 Å². The van der Waals surface area contributed by atoms with Gasteiger partial charge in [-0.25, -0.2) is 0 Å². The Hall–Kier alpha value is -0.870. The lowest BCUT2D eigenvalue weighted by Crippen LogP contribution is -2.31. The number of rotatable bonds is 4. The second-order valence-corrected chi connectivity index (χ2v) is 5.14. The van der Waals surface area contributed by atoms with Gasteiger partial charge in [-0.2, -0.15) is 0 Å². The number of fused-ring (bicyclic) bond motifs is 1. The Bertz CT molecular complexity index is 373. The van der Waals surface area contributed by atoms with Crippen LogP contribution in [0.25, 0.3) is 0 Å². The molecule has 0 unspecified atom stereocenters. The summed E-state index contributed by atoms with van der Waals surface area (Å²) in [6, 6.07) is 0. The number of carbonyl (C=O) groups is 1. The Balaban J connectivity index is 1.94. The number of likely N-dealkylation sites (N-methyl/N-ethyl adjacent to an activating group) is 1. The lowest BCUT2D eigenvalue weighted by molar-refractivity contribution is -0.120. The van der Waals surface area contributed by atoms with Crippen LogP contribution in [0.3, 0.4) is 0 Å². The van der Waals surface area contributed by atoms with Gasteiger partial charge in [0.1, 0.15) is 0 Å². The molecule has 1 aliphatic carbocycles. The topological polar surface area (TPSA) is 41.1 Å². The maximum atomic E-state index is 11.3. The predicted octanol–water partition coefficient (Wildman–Crippen LogP) is 1.46. The van der Waals surface area contributed by atoms with Crippen molar-refractivity contribution >= 4 is 17.2 Å². The number of thiophene rings is 1. The molecule has 1 aromatic heterocycles. The smallest absolute Gasteiger partial charge is 0.234 e. The van der Waals surface area contributed by atoms with E-state index in [1.54, 1.807) is 7.05 Å². The van der Waals surface area contributed by atoms with Crippen LogP contribution in [0.15, 0.2) is 5.38 Å². The average Bonchev–Trinajstić information content (AvgIpc) is 2.70. The van der Waals surface area contributed by atoms with Gasteiger partial charge in [0.25, 0.3) is 0 Å². The molecule has 1 heterocycles. The van der Waals surface area contributed by atoms with E-state index in [1.807, 2.05) is 11.3 Å². The third kappa shape index (κ3) is 2.62. The minimum Gasteiger partial charge on any atom is -0.351 e. The summed E-state index contributed by atoms with van der Waals surface area (Å²) in [4.78, 5) is 12.9. The Morgan fingerprint density at radius 1 is 1.44 bits per heavy atom. The zero-order valence-corrected chi connectivity index (χ0v) is 10.5. The quantitative estimate of drug-likeness (QED) is 0.834. The van der Waals surface area contributed by atoms with Gasteiger partial charge in [0.2, 0.25) is 5.91 Å². The van der Waals surface area contributed by atoms with Crippen molar-refractivity contribution in [3.63, 3.8) is 0 Å². The van der Waals surface area contributed by atoms with Crippen LogP contribution in [0.5, 0.6) is 0 Å². The van der Waals surface area contributed by atoms with Gasteiger partial charge in [-0.1, -0.05) is 0 Å². The maximum absolute atomic E-state index is 11.3. The average molecular weight is 238 g/mol. The highest BCUT2D eigenvalue weighted by molar-refractivity contribution is 7.10. The molecule has 88 valence electrons. The second-order valence-electron chi connectivity index (χ2n) is 4.18. The fourth-order valence-electron chi connectivity index (χ4n) is 2.13. The van der Waals surface area contributed by atoms with Crippen molar-refractivity contribution in [2.75, 3.05) is 13.6 Å². The van der Waals surface area contributed by atoms with Crippen molar-refractivity contribution in [2.24, 2.45) is 0 Å². The molecule has 0 saturated carbocycles. The van der Waals surface area contributed by atoms with Gasteiger partial charge in [-0.3, -0.25) is 4.79 Å². The minimum absolute atomic E-state index is 0.0678. The van der Waals surface area contributed by atoms with Crippen LogP contribution in [0, 0.1) is 0 Å². The standard InChI is InChI=1S/C12H18N2OS/c1-13-7-12(15)14-6-9-8-16-11-5-3-2-4-10(9)11/h8,13H,2-7H2,1H3,(H,14,15). The van der Waals surface area contributed by atoms with Crippen molar-refractivity contribution in [3.8, 4) is 0 Å². The zero-order valence-electron chi connectivity index (χ0n) is 9.64. The van der Waals surface area contributed by atoms with Crippen LogP contribution >= 0.6 is 11.3 Å². The SMILES string of the molecule is CNCC(=O)NCc1csc2c1CCCC2. The monoisotopic (exact) mass is 238 g/mol. The highest BCUT2D eigenvalue weighted by atomic mass is 32.1. The van der Waals surface area contributed by atoms with E-state index < -0.39 is 0 Å². The molecule has 1 amide bonds. The number of hydrogen-bond donors (Lipinski definition) is 2. The van der Waals surface area contributed by atoms with Crippen molar-refractivity contribution < 1.29 is 4.79 Å². The summed E-state index contributed by atoms with van der Waals surface area (Å²) in [7, 11) is 1.78. The van der Waals surface area contributed by atoms with Crippen LogP contribution in [0.2, 0.25) is 0 Å². The molecular formula is C12H18N2OS.